The molecule has 0 spiro atoms. The number of carboxylic acids is 1. The van der Waals surface area contributed by atoms with Gasteiger partial charge >= 0.3 is 5.97 Å². The number of rotatable bonds is 4. The van der Waals surface area contributed by atoms with Gasteiger partial charge in [0.25, 0.3) is 5.91 Å². The summed E-state index contributed by atoms with van der Waals surface area (Å²) < 4.78 is 0. The van der Waals surface area contributed by atoms with Gasteiger partial charge in [0.15, 0.2) is 0 Å². The van der Waals surface area contributed by atoms with Crippen molar-refractivity contribution in [3.63, 3.8) is 0 Å². The summed E-state index contributed by atoms with van der Waals surface area (Å²) in [6.45, 7) is 4.02. The van der Waals surface area contributed by atoms with Gasteiger partial charge in [-0.3, -0.25) is 14.4 Å². The Morgan fingerprint density at radius 2 is 2.08 bits per heavy atom. The predicted molar refractivity (Wildman–Crippen MR) is 92.6 cm³/mol. The molecule has 1 aromatic heterocycles. The average Bonchev–Trinajstić information content (AvgIpc) is 2.74. The summed E-state index contributed by atoms with van der Waals surface area (Å²) in [7, 11) is 0. The summed E-state index contributed by atoms with van der Waals surface area (Å²) in [6, 6.07) is -0.156. The minimum atomic E-state index is -1.02. The minimum absolute atomic E-state index is 0.0913. The number of nitrogens with zero attached hydrogens (tertiary/aromatic N) is 2. The molecule has 0 saturated carbocycles. The molecule has 1 aliphatic rings. The number of thiophene rings is 1. The highest BCUT2D eigenvalue weighted by Gasteiger charge is 2.29. The molecule has 1 saturated heterocycles. The lowest BCUT2D eigenvalue weighted by atomic mass is 10.1. The fraction of sp³-hybridized carbons (Fsp3) is 0.562. The van der Waals surface area contributed by atoms with E-state index in [9.17, 15) is 14.4 Å². The van der Waals surface area contributed by atoms with E-state index in [2.05, 4.69) is 0 Å². The Labute approximate surface area is 150 Å². The molecule has 24 heavy (non-hydrogen) atoms. The summed E-state index contributed by atoms with van der Waals surface area (Å²) in [6.07, 6.45) is 1.98. The first-order valence-corrected chi connectivity index (χ1v) is 9.09. The van der Waals surface area contributed by atoms with Crippen molar-refractivity contribution in [3.8, 4) is 0 Å². The van der Waals surface area contributed by atoms with E-state index in [0.29, 0.717) is 35.8 Å². The molecule has 0 radical (unpaired) electrons. The molecule has 1 N–H and O–H groups in total. The van der Waals surface area contributed by atoms with Crippen LogP contribution in [0.4, 0.5) is 0 Å². The zero-order valence-corrected chi connectivity index (χ0v) is 15.3. The van der Waals surface area contributed by atoms with E-state index in [1.54, 1.807) is 4.90 Å². The molecule has 6 nitrogen and oxygen atoms in total. The highest BCUT2D eigenvalue weighted by Crippen LogP contribution is 2.29. The number of hydrogen-bond donors (Lipinski definition) is 1. The molecule has 1 aromatic rings. The molecule has 2 heterocycles. The van der Waals surface area contributed by atoms with Crippen molar-refractivity contribution >= 4 is 40.7 Å². The van der Waals surface area contributed by atoms with E-state index in [1.807, 2.05) is 12.3 Å². The number of halogens is 1. The Kier molecular flexibility index (Phi) is 6.23. The summed E-state index contributed by atoms with van der Waals surface area (Å²) in [5.41, 5.74) is 0.891. The minimum Gasteiger partial charge on any atom is -0.480 e. The second kappa shape index (κ2) is 7.98. The maximum atomic E-state index is 12.7. The first-order chi connectivity index (χ1) is 11.3. The zero-order valence-electron chi connectivity index (χ0n) is 13.7. The largest absolute Gasteiger partial charge is 0.480 e. The van der Waals surface area contributed by atoms with Crippen molar-refractivity contribution in [2.45, 2.75) is 39.2 Å². The standard InChI is InChI=1S/C16H21ClN2O4S/c1-10-9-24-15(14(10)17)16(23)18-6-3-4-12(5-7-18)19(11(2)20)8-13(21)22/h9,12H,3-8H2,1-2H3,(H,21,22). The molecule has 0 bridgehead atoms. The van der Waals surface area contributed by atoms with Crippen LogP contribution in [0.25, 0.3) is 0 Å². The molecular formula is C16H21ClN2O4S. The number of likely N-dealkylation sites (tertiary alicyclic amines) is 1. The lowest BCUT2D eigenvalue weighted by molar-refractivity contribution is -0.145. The number of carbonyl (C=O) groups is 3. The molecular weight excluding hydrogens is 352 g/mol. The number of aryl methyl sites for hydroxylation is 1. The van der Waals surface area contributed by atoms with E-state index in [0.717, 1.165) is 12.0 Å². The topological polar surface area (TPSA) is 77.9 Å². The molecule has 8 heteroatoms. The summed E-state index contributed by atoms with van der Waals surface area (Å²) in [5, 5.41) is 11.3. The first-order valence-electron chi connectivity index (χ1n) is 7.83. The van der Waals surface area contributed by atoms with E-state index in [-0.39, 0.29) is 24.4 Å². The normalized spacial score (nSPS) is 18.1. The zero-order chi connectivity index (χ0) is 17.9. The van der Waals surface area contributed by atoms with Gasteiger partial charge in [-0.25, -0.2) is 0 Å². The van der Waals surface area contributed by atoms with Crippen LogP contribution in [0.15, 0.2) is 5.38 Å². The van der Waals surface area contributed by atoms with Gasteiger partial charge in [0.1, 0.15) is 11.4 Å². The Hall–Kier alpha value is -1.60. The Morgan fingerprint density at radius 1 is 1.38 bits per heavy atom. The van der Waals surface area contributed by atoms with Gasteiger partial charge in [-0.05, 0) is 37.1 Å². The van der Waals surface area contributed by atoms with Crippen LogP contribution in [0.3, 0.4) is 0 Å². The second-order valence-electron chi connectivity index (χ2n) is 5.98. The molecule has 2 rings (SSSR count). The third-order valence-corrected chi connectivity index (χ3v) is 5.91. The van der Waals surface area contributed by atoms with E-state index >= 15 is 0 Å². The van der Waals surface area contributed by atoms with Crippen molar-refractivity contribution in [3.05, 3.63) is 20.8 Å². The van der Waals surface area contributed by atoms with Gasteiger partial charge < -0.3 is 14.9 Å². The van der Waals surface area contributed by atoms with Crippen molar-refractivity contribution in [2.24, 2.45) is 0 Å². The monoisotopic (exact) mass is 372 g/mol. The number of carbonyl (C=O) groups excluding carboxylic acids is 2. The summed E-state index contributed by atoms with van der Waals surface area (Å²) >= 11 is 7.53. The highest BCUT2D eigenvalue weighted by atomic mass is 35.5. The van der Waals surface area contributed by atoms with Crippen LogP contribution in [0.2, 0.25) is 5.02 Å². The molecule has 0 aromatic carbocycles. The number of hydrogen-bond acceptors (Lipinski definition) is 4. The second-order valence-corrected chi connectivity index (χ2v) is 7.24. The molecule has 132 valence electrons. The fourth-order valence-electron chi connectivity index (χ4n) is 2.95. The maximum Gasteiger partial charge on any atom is 0.323 e. The van der Waals surface area contributed by atoms with Crippen molar-refractivity contribution in [1.82, 2.24) is 9.80 Å². The third kappa shape index (κ3) is 4.27. The lowest BCUT2D eigenvalue weighted by Gasteiger charge is -2.28. The summed E-state index contributed by atoms with van der Waals surface area (Å²) in [5.74, 6) is -1.37. The Morgan fingerprint density at radius 3 is 2.62 bits per heavy atom. The van der Waals surface area contributed by atoms with Crippen molar-refractivity contribution in [1.29, 1.82) is 0 Å². The molecule has 0 aliphatic carbocycles. The number of aliphatic carboxylic acids is 1. The third-order valence-electron chi connectivity index (χ3n) is 4.23. The van der Waals surface area contributed by atoms with Crippen LogP contribution in [0.5, 0.6) is 0 Å². The van der Waals surface area contributed by atoms with Gasteiger partial charge in [0.05, 0.1) is 5.02 Å². The van der Waals surface area contributed by atoms with Gasteiger partial charge in [0.2, 0.25) is 5.91 Å². The van der Waals surface area contributed by atoms with Gasteiger partial charge in [0, 0.05) is 26.1 Å². The van der Waals surface area contributed by atoms with E-state index < -0.39 is 5.97 Å². The van der Waals surface area contributed by atoms with E-state index in [4.69, 9.17) is 16.7 Å². The average molecular weight is 373 g/mol. The molecule has 1 unspecified atom stereocenters. The van der Waals surface area contributed by atoms with Crippen LogP contribution in [0.1, 0.15) is 41.4 Å². The van der Waals surface area contributed by atoms with Crippen molar-refractivity contribution in [2.75, 3.05) is 19.6 Å². The van der Waals surface area contributed by atoms with Gasteiger partial charge in [-0.1, -0.05) is 11.6 Å². The molecule has 1 atom stereocenters. The number of amides is 2. The van der Waals surface area contributed by atoms with Gasteiger partial charge in [-0.2, -0.15) is 0 Å². The van der Waals surface area contributed by atoms with Crippen LogP contribution in [-0.2, 0) is 9.59 Å². The lowest BCUT2D eigenvalue weighted by Crippen LogP contribution is -2.43. The Bertz CT molecular complexity index is 646. The maximum absolute atomic E-state index is 12.7. The van der Waals surface area contributed by atoms with Crippen LogP contribution >= 0.6 is 22.9 Å². The number of carboxylic acid groups (broad SMARTS) is 1. The quantitative estimate of drug-likeness (QED) is 0.881. The van der Waals surface area contributed by atoms with Crippen LogP contribution < -0.4 is 0 Å². The van der Waals surface area contributed by atoms with Crippen LogP contribution in [-0.4, -0.2) is 58.4 Å². The van der Waals surface area contributed by atoms with Gasteiger partial charge in [-0.15, -0.1) is 11.3 Å². The first kappa shape index (κ1) is 18.7. The smallest absolute Gasteiger partial charge is 0.323 e. The highest BCUT2D eigenvalue weighted by molar-refractivity contribution is 7.13. The molecule has 2 amide bonds. The predicted octanol–water partition coefficient (Wildman–Crippen LogP) is 2.64. The SMILES string of the molecule is CC(=O)N(CC(=O)O)C1CCCN(C(=O)c2scc(C)c2Cl)CC1. The van der Waals surface area contributed by atoms with Crippen molar-refractivity contribution < 1.29 is 19.5 Å². The summed E-state index contributed by atoms with van der Waals surface area (Å²) in [4.78, 5) is 39.0. The molecule has 1 aliphatic heterocycles. The van der Waals surface area contributed by atoms with E-state index in [1.165, 1.54) is 23.2 Å². The molecule has 1 fully saturated rings. The Balaban J connectivity index is 2.06. The fourth-order valence-corrected chi connectivity index (χ4v) is 4.20. The van der Waals surface area contributed by atoms with Crippen LogP contribution in [0, 0.1) is 6.92 Å².